The van der Waals surface area contributed by atoms with Gasteiger partial charge in [0.15, 0.2) is 15.7 Å². The van der Waals surface area contributed by atoms with Crippen LogP contribution in [0, 0.1) is 0 Å². The molecule has 1 aliphatic rings. The van der Waals surface area contributed by atoms with Crippen LogP contribution in [0.4, 0.5) is 0 Å². The van der Waals surface area contributed by atoms with E-state index in [2.05, 4.69) is 10.1 Å². The van der Waals surface area contributed by atoms with Crippen molar-refractivity contribution < 1.29 is 27.9 Å². The summed E-state index contributed by atoms with van der Waals surface area (Å²) >= 11 is 0. The van der Waals surface area contributed by atoms with Crippen LogP contribution in [0.25, 0.3) is 0 Å². The monoisotopic (exact) mass is 321 g/mol. The predicted molar refractivity (Wildman–Crippen MR) is 71.0 cm³/mol. The van der Waals surface area contributed by atoms with Gasteiger partial charge in [0.25, 0.3) is 5.89 Å². The summed E-state index contributed by atoms with van der Waals surface area (Å²) in [6.45, 7) is 0.426. The van der Waals surface area contributed by atoms with Crippen LogP contribution in [0.15, 0.2) is 4.52 Å². The quantitative estimate of drug-likeness (QED) is 0.596. The molecule has 2 atom stereocenters. The Balaban J connectivity index is 2.08. The highest BCUT2D eigenvalue weighted by atomic mass is 32.2. The molecule has 0 radical (unpaired) electrons. The van der Waals surface area contributed by atoms with Crippen molar-refractivity contribution in [2.45, 2.75) is 25.3 Å². The van der Waals surface area contributed by atoms with Gasteiger partial charge in [-0.3, -0.25) is 4.90 Å². The van der Waals surface area contributed by atoms with E-state index in [4.69, 9.17) is 14.4 Å². The van der Waals surface area contributed by atoms with E-state index in [9.17, 15) is 13.5 Å². The average Bonchev–Trinajstić information content (AvgIpc) is 2.93. The summed E-state index contributed by atoms with van der Waals surface area (Å²) in [4.78, 5) is 5.75. The minimum Gasteiger partial charge on any atom is -0.395 e. The van der Waals surface area contributed by atoms with Gasteiger partial charge in [-0.15, -0.1) is 0 Å². The molecule has 10 heteroatoms. The number of rotatable bonds is 7. The van der Waals surface area contributed by atoms with E-state index in [-0.39, 0.29) is 37.8 Å². The van der Waals surface area contributed by atoms with Crippen LogP contribution >= 0.6 is 0 Å². The van der Waals surface area contributed by atoms with Crippen molar-refractivity contribution in [3.63, 3.8) is 0 Å². The van der Waals surface area contributed by atoms with E-state index in [0.29, 0.717) is 11.7 Å². The van der Waals surface area contributed by atoms with E-state index in [0.717, 1.165) is 0 Å². The molecule has 21 heavy (non-hydrogen) atoms. The van der Waals surface area contributed by atoms with Gasteiger partial charge in [-0.25, -0.2) is 8.42 Å². The molecule has 9 nitrogen and oxygen atoms in total. The third-order valence-electron chi connectivity index (χ3n) is 3.27. The molecule has 120 valence electrons. The Bertz CT molecular complexity index is 560. The first kappa shape index (κ1) is 16.3. The first-order valence-electron chi connectivity index (χ1n) is 6.49. The molecule has 0 spiro atoms. The maximum atomic E-state index is 11.6. The molecule has 1 aromatic rings. The Morgan fingerprint density at radius 1 is 1.48 bits per heavy atom. The second-order valence-electron chi connectivity index (χ2n) is 4.94. The first-order chi connectivity index (χ1) is 9.95. The number of nitrogens with zero attached hydrogens (tertiary/aromatic N) is 3. The zero-order valence-electron chi connectivity index (χ0n) is 11.7. The largest absolute Gasteiger partial charge is 0.395 e. The average molecular weight is 321 g/mol. The Morgan fingerprint density at radius 3 is 2.81 bits per heavy atom. The lowest BCUT2D eigenvalue weighted by molar-refractivity contribution is 0.0634. The molecular weight excluding hydrogens is 302 g/mol. The number of aromatic nitrogens is 2. The third kappa shape index (κ3) is 4.20. The maximum absolute atomic E-state index is 11.6. The predicted octanol–water partition coefficient (Wildman–Crippen LogP) is -1.83. The molecule has 0 amide bonds. The molecule has 0 aromatic carbocycles. The Hall–Kier alpha value is -1.07. The normalized spacial score (nSPS) is 24.8. The summed E-state index contributed by atoms with van der Waals surface area (Å²) in [5.41, 5.74) is 0. The van der Waals surface area contributed by atoms with Gasteiger partial charge in [-0.05, 0) is 0 Å². The summed E-state index contributed by atoms with van der Waals surface area (Å²) in [5, 5.41) is 22.8. The number of sulfone groups is 1. The number of aliphatic hydroxyl groups excluding tert-OH is 2. The van der Waals surface area contributed by atoms with Crippen LogP contribution in [0.2, 0.25) is 0 Å². The van der Waals surface area contributed by atoms with Crippen LogP contribution in [0.3, 0.4) is 0 Å². The summed E-state index contributed by atoms with van der Waals surface area (Å²) in [5.74, 6) is 0.264. The molecule has 1 aliphatic heterocycles. The highest BCUT2D eigenvalue weighted by molar-refractivity contribution is 7.91. The van der Waals surface area contributed by atoms with Gasteiger partial charge in [0.05, 0.1) is 36.8 Å². The van der Waals surface area contributed by atoms with Crippen LogP contribution in [-0.4, -0.2) is 77.6 Å². The van der Waals surface area contributed by atoms with Crippen molar-refractivity contribution in [3.05, 3.63) is 11.7 Å². The highest BCUT2D eigenvalue weighted by Crippen LogP contribution is 2.20. The lowest BCUT2D eigenvalue weighted by atomic mass is 10.2. The van der Waals surface area contributed by atoms with Gasteiger partial charge < -0.3 is 19.5 Å². The first-order valence-corrected chi connectivity index (χ1v) is 8.31. The van der Waals surface area contributed by atoms with Crippen molar-refractivity contribution in [1.29, 1.82) is 0 Å². The number of hydrogen-bond acceptors (Lipinski definition) is 9. The van der Waals surface area contributed by atoms with E-state index in [1.54, 1.807) is 4.90 Å². The second kappa shape index (κ2) is 6.79. The molecule has 2 heterocycles. The lowest BCUT2D eigenvalue weighted by Gasteiger charge is -2.28. The molecule has 1 aromatic heterocycles. The van der Waals surface area contributed by atoms with Crippen molar-refractivity contribution in [1.82, 2.24) is 15.0 Å². The SMILES string of the molecule is COCc1nc(CN(CCO)[C@@H]2CS(=O)(=O)C[C@H]2O)no1. The molecular formula is C11H19N3O6S. The minimum atomic E-state index is -3.26. The Labute approximate surface area is 122 Å². The number of methoxy groups -OCH3 is 1. The van der Waals surface area contributed by atoms with Crippen molar-refractivity contribution in [3.8, 4) is 0 Å². The van der Waals surface area contributed by atoms with E-state index in [1.165, 1.54) is 7.11 Å². The molecule has 2 rings (SSSR count). The van der Waals surface area contributed by atoms with Gasteiger partial charge in [0.2, 0.25) is 0 Å². The summed E-state index contributed by atoms with van der Waals surface area (Å²) < 4.78 is 33.0. The zero-order valence-corrected chi connectivity index (χ0v) is 12.5. The van der Waals surface area contributed by atoms with E-state index < -0.39 is 22.0 Å². The zero-order chi connectivity index (χ0) is 15.5. The van der Waals surface area contributed by atoms with Crippen molar-refractivity contribution in [2.75, 3.05) is 31.8 Å². The van der Waals surface area contributed by atoms with E-state index >= 15 is 0 Å². The smallest absolute Gasteiger partial charge is 0.252 e. The Morgan fingerprint density at radius 2 is 2.24 bits per heavy atom. The van der Waals surface area contributed by atoms with Crippen LogP contribution in [0.1, 0.15) is 11.7 Å². The van der Waals surface area contributed by atoms with Crippen molar-refractivity contribution >= 4 is 9.84 Å². The molecule has 1 fully saturated rings. The third-order valence-corrected chi connectivity index (χ3v) is 4.97. The van der Waals surface area contributed by atoms with Gasteiger partial charge in [0, 0.05) is 13.7 Å². The Kier molecular flexibility index (Phi) is 5.27. The second-order valence-corrected chi connectivity index (χ2v) is 7.10. The lowest BCUT2D eigenvalue weighted by Crippen LogP contribution is -2.44. The van der Waals surface area contributed by atoms with E-state index in [1.807, 2.05) is 0 Å². The number of aliphatic hydroxyl groups is 2. The van der Waals surface area contributed by atoms with Gasteiger partial charge in [0.1, 0.15) is 6.61 Å². The summed E-state index contributed by atoms with van der Waals surface area (Å²) in [6.07, 6.45) is -0.980. The molecule has 2 N–H and O–H groups in total. The highest BCUT2D eigenvalue weighted by Gasteiger charge is 2.40. The van der Waals surface area contributed by atoms with Gasteiger partial charge in [-0.1, -0.05) is 5.16 Å². The number of hydrogen-bond donors (Lipinski definition) is 2. The summed E-state index contributed by atoms with van der Waals surface area (Å²) in [6, 6.07) is -0.577. The van der Waals surface area contributed by atoms with Gasteiger partial charge in [-0.2, -0.15) is 4.98 Å². The molecule has 0 bridgehead atoms. The van der Waals surface area contributed by atoms with Crippen LogP contribution < -0.4 is 0 Å². The van der Waals surface area contributed by atoms with Gasteiger partial charge >= 0.3 is 0 Å². The molecule has 0 saturated carbocycles. The molecule has 0 unspecified atom stereocenters. The maximum Gasteiger partial charge on any atom is 0.252 e. The molecule has 0 aliphatic carbocycles. The van der Waals surface area contributed by atoms with Crippen LogP contribution in [0.5, 0.6) is 0 Å². The van der Waals surface area contributed by atoms with Crippen LogP contribution in [-0.2, 0) is 27.7 Å². The molecule has 1 saturated heterocycles. The standard InChI is InChI=1S/C11H19N3O6S/c1-19-5-11-12-10(13-20-11)4-14(2-3-15)8-6-21(17,18)7-9(8)16/h8-9,15-16H,2-7H2,1H3/t8-,9-/m1/s1. The van der Waals surface area contributed by atoms with Crippen molar-refractivity contribution in [2.24, 2.45) is 0 Å². The fourth-order valence-electron chi connectivity index (χ4n) is 2.37. The summed E-state index contributed by atoms with van der Waals surface area (Å²) in [7, 11) is -1.76. The fraction of sp³-hybridized carbons (Fsp3) is 0.818. The topological polar surface area (TPSA) is 126 Å². The fourth-order valence-corrected chi connectivity index (χ4v) is 4.20. The minimum absolute atomic E-state index is 0.142. The number of ether oxygens (including phenoxy) is 1.